The minimum absolute atomic E-state index is 0.166. The Morgan fingerprint density at radius 3 is 2.53 bits per heavy atom. The molecule has 0 spiro atoms. The molecule has 2 heterocycles. The molecule has 0 amide bonds. The van der Waals surface area contributed by atoms with Gasteiger partial charge in [0.1, 0.15) is 21.5 Å². The third-order valence-corrected chi connectivity index (χ3v) is 4.52. The predicted molar refractivity (Wildman–Crippen MR) is 67.3 cm³/mol. The molecule has 0 saturated carbocycles. The molecule has 0 radical (unpaired) electrons. The Hall–Kier alpha value is -1.34. The average Bonchev–Trinajstić information content (AvgIpc) is 2.32. The fourth-order valence-electron chi connectivity index (χ4n) is 1.84. The van der Waals surface area contributed by atoms with Gasteiger partial charge in [-0.15, -0.1) is 0 Å². The van der Waals surface area contributed by atoms with E-state index in [9.17, 15) is 8.42 Å². The van der Waals surface area contributed by atoms with Gasteiger partial charge in [-0.1, -0.05) is 6.07 Å². The molecule has 6 nitrogen and oxygen atoms in total. The van der Waals surface area contributed by atoms with E-state index in [1.807, 2.05) is 12.1 Å². The predicted octanol–water partition coefficient (Wildman–Crippen LogP) is 0.356. The van der Waals surface area contributed by atoms with E-state index < -0.39 is 9.84 Å². The fourth-order valence-corrected chi connectivity index (χ4v) is 3.33. The summed E-state index contributed by atoms with van der Waals surface area (Å²) in [4.78, 5) is 4.23. The number of nitrogens with zero attached hydrogens (tertiary/aromatic N) is 1. The molecule has 17 heavy (non-hydrogen) atoms. The van der Waals surface area contributed by atoms with E-state index in [2.05, 4.69) is 15.7 Å². The zero-order valence-electron chi connectivity index (χ0n) is 9.39. The van der Waals surface area contributed by atoms with Crippen molar-refractivity contribution in [1.29, 1.82) is 0 Å². The van der Waals surface area contributed by atoms with Crippen molar-refractivity contribution in [1.82, 2.24) is 4.98 Å². The van der Waals surface area contributed by atoms with Gasteiger partial charge in [-0.05, 0) is 25.0 Å². The van der Waals surface area contributed by atoms with Crippen LogP contribution in [-0.2, 0) is 9.84 Å². The topological polar surface area (TPSA) is 97.1 Å². The number of hydrogen-bond acceptors (Lipinski definition) is 6. The van der Waals surface area contributed by atoms with Crippen LogP contribution >= 0.6 is 0 Å². The van der Waals surface area contributed by atoms with Crippen LogP contribution in [0.2, 0.25) is 0 Å². The van der Waals surface area contributed by atoms with Crippen LogP contribution in [0.15, 0.2) is 18.2 Å². The van der Waals surface area contributed by atoms with Crippen LogP contribution in [0.4, 0.5) is 11.6 Å². The van der Waals surface area contributed by atoms with Crippen molar-refractivity contribution in [2.24, 2.45) is 5.84 Å². The lowest BCUT2D eigenvalue weighted by Crippen LogP contribution is -2.32. The first-order chi connectivity index (χ1) is 8.09. The molecule has 0 aromatic carbocycles. The normalized spacial score (nSPS) is 19.8. The van der Waals surface area contributed by atoms with Gasteiger partial charge in [-0.25, -0.2) is 19.2 Å². The largest absolute Gasteiger partial charge is 0.367 e. The molecule has 0 unspecified atom stereocenters. The quantitative estimate of drug-likeness (QED) is 0.533. The highest BCUT2D eigenvalue weighted by Crippen LogP contribution is 2.17. The summed E-state index contributed by atoms with van der Waals surface area (Å²) < 4.78 is 22.6. The molecule has 1 aromatic heterocycles. The van der Waals surface area contributed by atoms with Crippen molar-refractivity contribution in [3.05, 3.63) is 18.2 Å². The number of sulfone groups is 1. The van der Waals surface area contributed by atoms with Crippen molar-refractivity contribution in [2.75, 3.05) is 22.2 Å². The van der Waals surface area contributed by atoms with E-state index in [0.717, 1.165) is 0 Å². The average molecular weight is 256 g/mol. The number of pyridine rings is 1. The number of nitrogens with one attached hydrogen (secondary N) is 2. The van der Waals surface area contributed by atoms with Crippen LogP contribution in [0.1, 0.15) is 12.8 Å². The van der Waals surface area contributed by atoms with Crippen molar-refractivity contribution in [2.45, 2.75) is 18.9 Å². The highest BCUT2D eigenvalue weighted by Gasteiger charge is 2.23. The summed E-state index contributed by atoms with van der Waals surface area (Å²) in [7, 11) is -2.81. The number of aromatic nitrogens is 1. The third kappa shape index (κ3) is 3.31. The second kappa shape index (κ2) is 4.89. The summed E-state index contributed by atoms with van der Waals surface area (Å²) >= 11 is 0. The molecule has 2 rings (SSSR count). The standard InChI is InChI=1S/C10H16N4O2S/c11-14-10-3-1-2-9(13-10)12-8-4-6-17(15,16)7-5-8/h1-3,8H,4-7,11H2,(H2,12,13,14). The Morgan fingerprint density at radius 1 is 1.24 bits per heavy atom. The highest BCUT2D eigenvalue weighted by molar-refractivity contribution is 7.91. The van der Waals surface area contributed by atoms with Crippen LogP contribution in [-0.4, -0.2) is 30.9 Å². The molecule has 94 valence electrons. The Kier molecular flexibility index (Phi) is 3.49. The van der Waals surface area contributed by atoms with E-state index in [0.29, 0.717) is 24.5 Å². The molecular weight excluding hydrogens is 240 g/mol. The Labute approximate surface area is 101 Å². The molecule has 1 aromatic rings. The molecule has 1 saturated heterocycles. The lowest BCUT2D eigenvalue weighted by atomic mass is 10.1. The Morgan fingerprint density at radius 2 is 1.88 bits per heavy atom. The molecule has 0 atom stereocenters. The minimum atomic E-state index is -2.81. The number of rotatable bonds is 3. The molecule has 7 heteroatoms. The molecule has 0 aliphatic carbocycles. The second-order valence-corrected chi connectivity index (χ2v) is 6.43. The maximum Gasteiger partial charge on any atom is 0.150 e. The smallest absolute Gasteiger partial charge is 0.150 e. The molecule has 4 N–H and O–H groups in total. The monoisotopic (exact) mass is 256 g/mol. The second-order valence-electron chi connectivity index (χ2n) is 4.12. The zero-order valence-corrected chi connectivity index (χ0v) is 10.2. The van der Waals surface area contributed by atoms with Gasteiger partial charge in [0, 0.05) is 6.04 Å². The first-order valence-corrected chi connectivity index (χ1v) is 7.32. The first-order valence-electron chi connectivity index (χ1n) is 5.50. The maximum absolute atomic E-state index is 11.3. The molecular formula is C10H16N4O2S. The van der Waals surface area contributed by atoms with Crippen LogP contribution < -0.4 is 16.6 Å². The van der Waals surface area contributed by atoms with Crippen LogP contribution in [0, 0.1) is 0 Å². The summed E-state index contributed by atoms with van der Waals surface area (Å²) in [5.74, 6) is 7.06. The van der Waals surface area contributed by atoms with Gasteiger partial charge in [0.25, 0.3) is 0 Å². The van der Waals surface area contributed by atoms with Crippen molar-refractivity contribution < 1.29 is 8.42 Å². The van der Waals surface area contributed by atoms with Gasteiger partial charge >= 0.3 is 0 Å². The summed E-state index contributed by atoms with van der Waals surface area (Å²) in [6, 6.07) is 5.60. The number of anilines is 2. The van der Waals surface area contributed by atoms with Gasteiger partial charge < -0.3 is 10.7 Å². The summed E-state index contributed by atoms with van der Waals surface area (Å²) in [6.07, 6.45) is 1.26. The van der Waals surface area contributed by atoms with Crippen molar-refractivity contribution >= 4 is 21.5 Å². The van der Waals surface area contributed by atoms with Crippen LogP contribution in [0.5, 0.6) is 0 Å². The number of hydrazine groups is 1. The van der Waals surface area contributed by atoms with Gasteiger partial charge in [0.2, 0.25) is 0 Å². The fraction of sp³-hybridized carbons (Fsp3) is 0.500. The highest BCUT2D eigenvalue weighted by atomic mass is 32.2. The number of nitrogens with two attached hydrogens (primary N) is 1. The van der Waals surface area contributed by atoms with Crippen LogP contribution in [0.25, 0.3) is 0 Å². The van der Waals surface area contributed by atoms with E-state index in [1.54, 1.807) is 6.07 Å². The van der Waals surface area contributed by atoms with Gasteiger partial charge in [-0.3, -0.25) is 0 Å². The van der Waals surface area contributed by atoms with Gasteiger partial charge in [0.05, 0.1) is 11.5 Å². The third-order valence-electron chi connectivity index (χ3n) is 2.80. The Bertz CT molecular complexity index is 475. The van der Waals surface area contributed by atoms with E-state index in [4.69, 9.17) is 5.84 Å². The van der Waals surface area contributed by atoms with E-state index in [1.165, 1.54) is 0 Å². The summed E-state index contributed by atoms with van der Waals surface area (Å²) in [5.41, 5.74) is 2.47. The lowest BCUT2D eigenvalue weighted by Gasteiger charge is -2.23. The molecule has 0 bridgehead atoms. The minimum Gasteiger partial charge on any atom is -0.367 e. The molecule has 1 aliphatic heterocycles. The first kappa shape index (κ1) is 12.1. The maximum atomic E-state index is 11.3. The Balaban J connectivity index is 1.97. The number of hydrogen-bond donors (Lipinski definition) is 3. The summed E-state index contributed by atoms with van der Waals surface area (Å²) in [6.45, 7) is 0. The van der Waals surface area contributed by atoms with E-state index >= 15 is 0 Å². The van der Waals surface area contributed by atoms with Crippen LogP contribution in [0.3, 0.4) is 0 Å². The van der Waals surface area contributed by atoms with Crippen molar-refractivity contribution in [3.8, 4) is 0 Å². The lowest BCUT2D eigenvalue weighted by molar-refractivity contribution is 0.559. The SMILES string of the molecule is NNc1cccc(NC2CCS(=O)(=O)CC2)n1. The molecule has 1 fully saturated rings. The number of nitrogen functional groups attached to an aromatic ring is 1. The van der Waals surface area contributed by atoms with E-state index in [-0.39, 0.29) is 17.5 Å². The zero-order chi connectivity index (χ0) is 12.3. The van der Waals surface area contributed by atoms with Crippen molar-refractivity contribution in [3.63, 3.8) is 0 Å². The summed E-state index contributed by atoms with van der Waals surface area (Å²) in [5, 5.41) is 3.22. The van der Waals surface area contributed by atoms with Gasteiger partial charge in [0.15, 0.2) is 0 Å². The molecule has 1 aliphatic rings. The van der Waals surface area contributed by atoms with Gasteiger partial charge in [-0.2, -0.15) is 0 Å².